The lowest BCUT2D eigenvalue weighted by molar-refractivity contribution is -0.137. The molecule has 0 unspecified atom stereocenters. The quantitative estimate of drug-likeness (QED) is 0.756. The third-order valence-corrected chi connectivity index (χ3v) is 4.32. The van der Waals surface area contributed by atoms with Crippen LogP contribution in [-0.4, -0.2) is 41.0 Å². The van der Waals surface area contributed by atoms with Gasteiger partial charge in [0.25, 0.3) is 5.91 Å². The molecule has 1 heterocycles. The first kappa shape index (κ1) is 15.9. The van der Waals surface area contributed by atoms with E-state index >= 15 is 0 Å². The van der Waals surface area contributed by atoms with Crippen molar-refractivity contribution in [3.63, 3.8) is 0 Å². The van der Waals surface area contributed by atoms with Crippen LogP contribution in [0.25, 0.3) is 0 Å². The smallest absolute Gasteiger partial charge is 0.303 e. The van der Waals surface area contributed by atoms with E-state index in [9.17, 15) is 9.59 Å². The van der Waals surface area contributed by atoms with Crippen LogP contribution >= 0.6 is 0 Å². The zero-order chi connectivity index (χ0) is 15.2. The number of rotatable bonds is 7. The topological polar surface area (TPSA) is 69.6 Å². The van der Waals surface area contributed by atoms with Crippen molar-refractivity contribution in [2.75, 3.05) is 13.1 Å². The molecular formula is C16H26N2O3. The summed E-state index contributed by atoms with van der Waals surface area (Å²) in [6.07, 6.45) is 7.40. The van der Waals surface area contributed by atoms with E-state index in [4.69, 9.17) is 5.11 Å². The largest absolute Gasteiger partial charge is 0.481 e. The number of carbonyl (C=O) groups excluding carboxylic acids is 1. The molecule has 1 aliphatic heterocycles. The third kappa shape index (κ3) is 4.22. The Morgan fingerprint density at radius 2 is 2.05 bits per heavy atom. The number of amides is 1. The lowest BCUT2D eigenvalue weighted by Gasteiger charge is -2.25. The third-order valence-electron chi connectivity index (χ3n) is 4.32. The summed E-state index contributed by atoms with van der Waals surface area (Å²) in [6.45, 7) is 3.39. The van der Waals surface area contributed by atoms with Crippen LogP contribution in [0.2, 0.25) is 0 Å². The van der Waals surface area contributed by atoms with Crippen LogP contribution in [-0.2, 0) is 9.59 Å². The molecule has 0 aromatic heterocycles. The van der Waals surface area contributed by atoms with Crippen molar-refractivity contribution in [1.82, 2.24) is 10.2 Å². The zero-order valence-electron chi connectivity index (χ0n) is 12.9. The molecule has 5 nitrogen and oxygen atoms in total. The number of hydrogen-bond donors (Lipinski definition) is 2. The molecule has 0 spiro atoms. The summed E-state index contributed by atoms with van der Waals surface area (Å²) in [4.78, 5) is 25.1. The molecule has 1 amide bonds. The van der Waals surface area contributed by atoms with Gasteiger partial charge in [-0.25, -0.2) is 0 Å². The predicted molar refractivity (Wildman–Crippen MR) is 80.8 cm³/mol. The lowest BCUT2D eigenvalue weighted by atomic mass is 9.95. The second-order valence-corrected chi connectivity index (χ2v) is 6.08. The Balaban J connectivity index is 2.05. The second-order valence-electron chi connectivity index (χ2n) is 6.08. The summed E-state index contributed by atoms with van der Waals surface area (Å²) < 4.78 is 0. The molecule has 1 saturated carbocycles. The van der Waals surface area contributed by atoms with Crippen molar-refractivity contribution in [2.45, 2.75) is 64.3 Å². The van der Waals surface area contributed by atoms with Crippen LogP contribution in [0, 0.1) is 0 Å². The molecule has 1 aliphatic carbocycles. The Bertz CT molecular complexity index is 425. The minimum Gasteiger partial charge on any atom is -0.481 e. The van der Waals surface area contributed by atoms with E-state index in [1.807, 2.05) is 4.90 Å². The Morgan fingerprint density at radius 3 is 2.67 bits per heavy atom. The Kier molecular flexibility index (Phi) is 5.65. The molecule has 0 aromatic rings. The normalized spacial score (nSPS) is 20.2. The van der Waals surface area contributed by atoms with Gasteiger partial charge < -0.3 is 15.3 Å². The molecule has 2 rings (SSSR count). The number of nitrogens with zero attached hydrogens (tertiary/aromatic N) is 1. The maximum atomic E-state index is 12.5. The van der Waals surface area contributed by atoms with Crippen molar-refractivity contribution in [3.05, 3.63) is 11.3 Å². The summed E-state index contributed by atoms with van der Waals surface area (Å²) in [5.41, 5.74) is 1.66. The fourth-order valence-corrected chi connectivity index (χ4v) is 3.22. The van der Waals surface area contributed by atoms with E-state index < -0.39 is 5.97 Å². The Hall–Kier alpha value is -1.52. The number of carboxylic acids is 1. The van der Waals surface area contributed by atoms with Gasteiger partial charge in [-0.1, -0.05) is 26.2 Å². The summed E-state index contributed by atoms with van der Waals surface area (Å²) in [5.74, 6) is -0.747. The highest BCUT2D eigenvalue weighted by Crippen LogP contribution is 2.25. The standard InChI is InChI=1S/C16H26N2O3/c1-2-10-18-11-12(8-9-14(19)20)15(16(18)21)17-13-6-4-3-5-7-13/h13,17H,2-11H2,1H3,(H,19,20). The lowest BCUT2D eigenvalue weighted by Crippen LogP contribution is -2.36. The number of hydrogen-bond acceptors (Lipinski definition) is 3. The van der Waals surface area contributed by atoms with E-state index in [1.165, 1.54) is 19.3 Å². The zero-order valence-corrected chi connectivity index (χ0v) is 12.9. The van der Waals surface area contributed by atoms with E-state index in [-0.39, 0.29) is 12.3 Å². The molecule has 5 heteroatoms. The van der Waals surface area contributed by atoms with Gasteiger partial charge in [0.05, 0.1) is 0 Å². The first-order valence-corrected chi connectivity index (χ1v) is 8.11. The van der Waals surface area contributed by atoms with Crippen LogP contribution in [0.1, 0.15) is 58.3 Å². The summed E-state index contributed by atoms with van der Waals surface area (Å²) in [5, 5.41) is 12.3. The van der Waals surface area contributed by atoms with Gasteiger partial charge in [0, 0.05) is 25.6 Å². The van der Waals surface area contributed by atoms with Gasteiger partial charge in [-0.15, -0.1) is 0 Å². The van der Waals surface area contributed by atoms with Gasteiger partial charge in [0.2, 0.25) is 0 Å². The number of carbonyl (C=O) groups is 2. The molecule has 0 radical (unpaired) electrons. The molecule has 0 saturated heterocycles. The van der Waals surface area contributed by atoms with Crippen LogP contribution in [0.3, 0.4) is 0 Å². The maximum absolute atomic E-state index is 12.5. The number of aliphatic carboxylic acids is 1. The van der Waals surface area contributed by atoms with E-state index in [2.05, 4.69) is 12.2 Å². The summed E-state index contributed by atoms with van der Waals surface area (Å²) in [7, 11) is 0. The van der Waals surface area contributed by atoms with Crippen LogP contribution < -0.4 is 5.32 Å². The Labute approximate surface area is 126 Å². The molecule has 0 atom stereocenters. The molecule has 1 fully saturated rings. The van der Waals surface area contributed by atoms with E-state index in [0.29, 0.717) is 24.7 Å². The SMILES string of the molecule is CCCN1CC(CCC(=O)O)=C(NC2CCCCC2)C1=O. The van der Waals surface area contributed by atoms with E-state index in [1.54, 1.807) is 0 Å². The predicted octanol–water partition coefficient (Wildman–Crippen LogP) is 2.28. The van der Waals surface area contributed by atoms with Crippen molar-refractivity contribution in [3.8, 4) is 0 Å². The second kappa shape index (κ2) is 7.48. The number of carboxylic acid groups (broad SMARTS) is 1. The molecule has 0 bridgehead atoms. The van der Waals surface area contributed by atoms with Crippen molar-refractivity contribution in [2.24, 2.45) is 0 Å². The first-order chi connectivity index (χ1) is 10.1. The van der Waals surface area contributed by atoms with Crippen LogP contribution in [0.15, 0.2) is 11.3 Å². The molecule has 21 heavy (non-hydrogen) atoms. The minimum atomic E-state index is -0.805. The summed E-state index contributed by atoms with van der Waals surface area (Å²) in [6, 6.07) is 0.374. The van der Waals surface area contributed by atoms with Crippen LogP contribution in [0.4, 0.5) is 0 Å². The monoisotopic (exact) mass is 294 g/mol. The highest BCUT2D eigenvalue weighted by Gasteiger charge is 2.31. The number of nitrogens with one attached hydrogen (secondary N) is 1. The van der Waals surface area contributed by atoms with Crippen molar-refractivity contribution < 1.29 is 14.7 Å². The molecule has 118 valence electrons. The minimum absolute atomic E-state index is 0.0582. The van der Waals surface area contributed by atoms with Crippen molar-refractivity contribution >= 4 is 11.9 Å². The van der Waals surface area contributed by atoms with Gasteiger partial charge in [0.15, 0.2) is 0 Å². The fourth-order valence-electron chi connectivity index (χ4n) is 3.22. The molecule has 2 N–H and O–H groups in total. The fraction of sp³-hybridized carbons (Fsp3) is 0.750. The van der Waals surface area contributed by atoms with Gasteiger partial charge in [0.1, 0.15) is 5.70 Å². The van der Waals surface area contributed by atoms with Gasteiger partial charge in [-0.05, 0) is 31.3 Å². The maximum Gasteiger partial charge on any atom is 0.303 e. The van der Waals surface area contributed by atoms with E-state index in [0.717, 1.165) is 31.4 Å². The van der Waals surface area contributed by atoms with Crippen molar-refractivity contribution in [1.29, 1.82) is 0 Å². The Morgan fingerprint density at radius 1 is 1.33 bits per heavy atom. The van der Waals surface area contributed by atoms with Gasteiger partial charge in [-0.3, -0.25) is 9.59 Å². The first-order valence-electron chi connectivity index (χ1n) is 8.11. The molecule has 0 aromatic carbocycles. The summed E-state index contributed by atoms with van der Waals surface area (Å²) >= 11 is 0. The van der Waals surface area contributed by atoms with Gasteiger partial charge >= 0.3 is 5.97 Å². The molecular weight excluding hydrogens is 268 g/mol. The highest BCUT2D eigenvalue weighted by atomic mass is 16.4. The average molecular weight is 294 g/mol. The average Bonchev–Trinajstić information content (AvgIpc) is 2.75. The molecule has 2 aliphatic rings. The highest BCUT2D eigenvalue weighted by molar-refractivity contribution is 5.96. The van der Waals surface area contributed by atoms with Crippen LogP contribution in [0.5, 0.6) is 0 Å². The van der Waals surface area contributed by atoms with Gasteiger partial charge in [-0.2, -0.15) is 0 Å².